The molecule has 0 unspecified atom stereocenters. The molecule has 7 heteroatoms. The largest absolute Gasteiger partial charge is 0.360 e. The summed E-state index contributed by atoms with van der Waals surface area (Å²) in [6.45, 7) is 1.87. The van der Waals surface area contributed by atoms with Gasteiger partial charge in [-0.05, 0) is 18.6 Å². The quantitative estimate of drug-likeness (QED) is 0.212. The molecule has 6 nitrogen and oxygen atoms in total. The Morgan fingerprint density at radius 2 is 1.62 bits per heavy atom. The summed E-state index contributed by atoms with van der Waals surface area (Å²) in [5, 5.41) is 0.159. The topological polar surface area (TPSA) is 68.8 Å². The minimum Gasteiger partial charge on any atom is -0.360 e. The molecule has 0 radical (unpaired) electrons. The Kier molecular flexibility index (Phi) is 6.08. The van der Waals surface area contributed by atoms with Gasteiger partial charge in [0.2, 0.25) is 0 Å². The Morgan fingerprint density at radius 1 is 0.912 bits per heavy atom. The van der Waals surface area contributed by atoms with Crippen LogP contribution >= 0.6 is 0 Å². The molecule has 1 saturated heterocycles. The molecule has 0 bridgehead atoms. The Hall–Kier alpha value is -4.00. The number of carbonyl (C=O) groups is 2. The molecule has 1 fully saturated rings. The van der Waals surface area contributed by atoms with Crippen LogP contribution < -0.4 is 0 Å². The Bertz CT molecular complexity index is 1290. The zero-order valence-electron chi connectivity index (χ0n) is 18.7. The monoisotopic (exact) mass is 456 g/mol. The highest BCUT2D eigenvalue weighted by Crippen LogP contribution is 2.23. The molecular weight excluding hydrogens is 431 g/mol. The lowest BCUT2D eigenvalue weighted by Gasteiger charge is -2.36. The van der Waals surface area contributed by atoms with Gasteiger partial charge in [0, 0.05) is 48.8 Å². The summed E-state index contributed by atoms with van der Waals surface area (Å²) in [4.78, 5) is 37.5. The van der Waals surface area contributed by atoms with E-state index < -0.39 is 17.5 Å². The van der Waals surface area contributed by atoms with Crippen LogP contribution in [0, 0.1) is 5.82 Å². The second-order valence-electron chi connectivity index (χ2n) is 8.37. The molecule has 2 aliphatic rings. The lowest BCUT2D eigenvalue weighted by Crippen LogP contribution is -2.52. The van der Waals surface area contributed by atoms with Crippen molar-refractivity contribution in [2.75, 3.05) is 26.2 Å². The summed E-state index contributed by atoms with van der Waals surface area (Å²) in [7, 11) is 0. The molecule has 2 aromatic carbocycles. The highest BCUT2D eigenvalue weighted by molar-refractivity contribution is 6.44. The van der Waals surface area contributed by atoms with Crippen molar-refractivity contribution < 1.29 is 14.0 Å². The molecule has 172 valence electrons. The maximum absolute atomic E-state index is 14.3. The predicted octanol–water partition coefficient (Wildman–Crippen LogP) is 3.97. The minimum atomic E-state index is -0.695. The number of piperazine rings is 1. The number of amides is 1. The number of rotatable bonds is 4. The number of Topliss-reactive ketones (excluding diaryl/α,β-unsaturated/α-hetero) is 1. The van der Waals surface area contributed by atoms with Gasteiger partial charge in [0.15, 0.2) is 0 Å². The highest BCUT2D eigenvalue weighted by atomic mass is 19.1. The number of hydrogen-bond acceptors (Lipinski definition) is 3. The van der Waals surface area contributed by atoms with Crippen molar-refractivity contribution in [1.82, 2.24) is 14.8 Å². The van der Waals surface area contributed by atoms with Crippen LogP contribution in [0.25, 0.3) is 10.9 Å². The zero-order valence-corrected chi connectivity index (χ0v) is 18.7. The van der Waals surface area contributed by atoms with Gasteiger partial charge in [0.25, 0.3) is 11.7 Å². The molecule has 5 rings (SSSR count). The van der Waals surface area contributed by atoms with Crippen LogP contribution in [0.15, 0.2) is 84.0 Å². The normalized spacial score (nSPS) is 16.9. The summed E-state index contributed by atoms with van der Waals surface area (Å²) >= 11 is 0. The van der Waals surface area contributed by atoms with Gasteiger partial charge in [-0.15, -0.1) is 0 Å². The van der Waals surface area contributed by atoms with Crippen LogP contribution in [-0.4, -0.2) is 64.5 Å². The predicted molar refractivity (Wildman–Crippen MR) is 130 cm³/mol. The maximum Gasteiger partial charge on any atom is 0.295 e. The van der Waals surface area contributed by atoms with E-state index in [-0.39, 0.29) is 17.0 Å². The van der Waals surface area contributed by atoms with E-state index in [1.807, 2.05) is 30.3 Å². The molecule has 0 saturated carbocycles. The van der Waals surface area contributed by atoms with E-state index >= 15 is 0 Å². The third kappa shape index (κ3) is 4.29. The van der Waals surface area contributed by atoms with Gasteiger partial charge in [0.05, 0.1) is 11.6 Å². The third-order valence-electron chi connectivity index (χ3n) is 6.20. The van der Waals surface area contributed by atoms with Crippen LogP contribution in [0.2, 0.25) is 0 Å². The standard InChI is InChI=1S/C27H25FN4O2/c28-22-12-7-13-23-24(22)21(18-29-23)25(33)27(34)32-16-14-31(15-17-32)26(19-8-3-1-4-9-19)30-20-10-5-2-6-11-20/h1,3-13,18,20,29H,2,14-17H2/b30-26+. The fraction of sp³-hybridized carbons (Fsp3) is 0.222. The van der Waals surface area contributed by atoms with Gasteiger partial charge in [-0.2, -0.15) is 0 Å². The average molecular weight is 457 g/mol. The van der Waals surface area contributed by atoms with Crippen LogP contribution in [-0.2, 0) is 4.79 Å². The number of fused-ring (bicyclic) bond motifs is 1. The van der Waals surface area contributed by atoms with Crippen LogP contribution in [0.3, 0.4) is 0 Å². The van der Waals surface area contributed by atoms with Gasteiger partial charge < -0.3 is 14.8 Å². The first-order valence-electron chi connectivity index (χ1n) is 11.4. The van der Waals surface area contributed by atoms with Crippen molar-refractivity contribution in [3.63, 3.8) is 0 Å². The molecular formula is C27H25FN4O2. The highest BCUT2D eigenvalue weighted by Gasteiger charge is 2.30. The number of H-pyrrole nitrogens is 1. The number of aromatic nitrogens is 1. The lowest BCUT2D eigenvalue weighted by atomic mass is 10.1. The number of benzene rings is 2. The summed E-state index contributed by atoms with van der Waals surface area (Å²) in [5.74, 6) is -0.951. The number of amidine groups is 1. The van der Waals surface area contributed by atoms with Crippen molar-refractivity contribution in [3.8, 4) is 0 Å². The minimum absolute atomic E-state index is 0.0260. The summed E-state index contributed by atoms with van der Waals surface area (Å²) in [6.07, 6.45) is 10.7. The molecule has 3 aromatic rings. The Labute approximate surface area is 197 Å². The fourth-order valence-electron chi connectivity index (χ4n) is 4.43. The van der Waals surface area contributed by atoms with Crippen molar-refractivity contribution in [3.05, 3.63) is 96.0 Å². The van der Waals surface area contributed by atoms with Gasteiger partial charge in [-0.1, -0.05) is 60.7 Å². The number of carbonyl (C=O) groups excluding carboxylic acids is 2. The van der Waals surface area contributed by atoms with Gasteiger partial charge in [-0.3, -0.25) is 14.6 Å². The first-order chi connectivity index (χ1) is 16.6. The molecule has 1 aromatic heterocycles. The summed E-state index contributed by atoms with van der Waals surface area (Å²) in [5.41, 5.74) is 1.58. The first-order valence-corrected chi connectivity index (χ1v) is 11.4. The number of aliphatic imine (C=N–C) groups is 1. The third-order valence-corrected chi connectivity index (χ3v) is 6.20. The van der Waals surface area contributed by atoms with Gasteiger partial charge in [0.1, 0.15) is 11.7 Å². The van der Waals surface area contributed by atoms with Crippen LogP contribution in [0.1, 0.15) is 22.3 Å². The van der Waals surface area contributed by atoms with E-state index in [1.54, 1.807) is 17.0 Å². The van der Waals surface area contributed by atoms with Crippen molar-refractivity contribution in [2.45, 2.75) is 12.5 Å². The number of halogens is 1. The average Bonchev–Trinajstić information content (AvgIpc) is 3.33. The summed E-state index contributed by atoms with van der Waals surface area (Å²) < 4.78 is 14.3. The van der Waals surface area contributed by atoms with E-state index in [9.17, 15) is 14.0 Å². The Morgan fingerprint density at radius 3 is 2.35 bits per heavy atom. The lowest BCUT2D eigenvalue weighted by molar-refractivity contribution is -0.127. The van der Waals surface area contributed by atoms with Gasteiger partial charge >= 0.3 is 0 Å². The molecule has 0 atom stereocenters. The second kappa shape index (κ2) is 9.47. The van der Waals surface area contributed by atoms with Gasteiger partial charge in [-0.25, -0.2) is 4.39 Å². The number of hydrogen-bond donors (Lipinski definition) is 1. The van der Waals surface area contributed by atoms with Crippen LogP contribution in [0.5, 0.6) is 0 Å². The molecule has 2 heterocycles. The van der Waals surface area contributed by atoms with Crippen molar-refractivity contribution in [1.29, 1.82) is 0 Å². The van der Waals surface area contributed by atoms with E-state index in [1.165, 1.54) is 12.3 Å². The van der Waals surface area contributed by atoms with E-state index in [0.717, 1.165) is 17.8 Å². The zero-order chi connectivity index (χ0) is 23.5. The second-order valence-corrected chi connectivity index (χ2v) is 8.37. The molecule has 34 heavy (non-hydrogen) atoms. The molecule has 1 aliphatic heterocycles. The molecule has 0 spiro atoms. The number of aromatic amines is 1. The fourth-order valence-corrected chi connectivity index (χ4v) is 4.43. The smallest absolute Gasteiger partial charge is 0.295 e. The van der Waals surface area contributed by atoms with E-state index in [4.69, 9.17) is 4.99 Å². The first kappa shape index (κ1) is 21.8. The number of allylic oxidation sites excluding steroid dienone is 2. The maximum atomic E-state index is 14.3. The SMILES string of the molecule is O=C(C(=O)N1CCN(/C(=N/C2C=CCC=C2)c2ccccc2)CC1)c1c[nH]c2cccc(F)c12. The van der Waals surface area contributed by atoms with E-state index in [0.29, 0.717) is 31.7 Å². The summed E-state index contributed by atoms with van der Waals surface area (Å²) in [6, 6.07) is 14.5. The van der Waals surface area contributed by atoms with Crippen LogP contribution in [0.4, 0.5) is 4.39 Å². The Balaban J connectivity index is 1.32. The van der Waals surface area contributed by atoms with E-state index in [2.05, 4.69) is 34.2 Å². The number of ketones is 1. The number of nitrogens with zero attached hydrogens (tertiary/aromatic N) is 3. The van der Waals surface area contributed by atoms with Crippen molar-refractivity contribution >= 4 is 28.4 Å². The van der Waals surface area contributed by atoms with Crippen molar-refractivity contribution in [2.24, 2.45) is 4.99 Å². The molecule has 1 aliphatic carbocycles. The molecule has 1 N–H and O–H groups in total. The number of nitrogens with one attached hydrogen (secondary N) is 1. The molecule has 1 amide bonds.